The van der Waals surface area contributed by atoms with Gasteiger partial charge in [0.15, 0.2) is 21.3 Å². The van der Waals surface area contributed by atoms with Gasteiger partial charge in [-0.1, -0.05) is 19.6 Å². The van der Waals surface area contributed by atoms with Crippen LogP contribution in [-0.4, -0.2) is 68.4 Å². The van der Waals surface area contributed by atoms with Crippen LogP contribution in [-0.2, 0) is 21.3 Å². The lowest BCUT2D eigenvalue weighted by Gasteiger charge is -2.30. The smallest absolute Gasteiger partial charge is 0.321 e. The van der Waals surface area contributed by atoms with E-state index in [1.165, 1.54) is 6.20 Å². The van der Waals surface area contributed by atoms with Gasteiger partial charge < -0.3 is 19.9 Å². The van der Waals surface area contributed by atoms with Gasteiger partial charge in [0.2, 0.25) is 0 Å². The molecule has 1 saturated heterocycles. The molecule has 0 saturated carbocycles. The van der Waals surface area contributed by atoms with E-state index in [0.717, 1.165) is 25.4 Å². The van der Waals surface area contributed by atoms with Gasteiger partial charge in [-0.2, -0.15) is 0 Å². The van der Waals surface area contributed by atoms with Crippen molar-refractivity contribution >= 4 is 40.9 Å². The molecular formula is C20H34N6O4SSi. The largest absolute Gasteiger partial charge is 0.361 e. The van der Waals surface area contributed by atoms with Gasteiger partial charge in [-0.3, -0.25) is 5.32 Å². The SMILES string of the molecule is C[Si](C)(C)CCOCn1ccc2nc(NC(=O)NC(C3CCNCC3)S(C)(=O)=O)cnc21. The highest BCUT2D eigenvalue weighted by molar-refractivity contribution is 7.91. The first kappa shape index (κ1) is 24.6. The van der Waals surface area contributed by atoms with E-state index in [1.54, 1.807) is 0 Å². The van der Waals surface area contributed by atoms with Gasteiger partial charge in [-0.25, -0.2) is 23.2 Å². The summed E-state index contributed by atoms with van der Waals surface area (Å²) in [6, 6.07) is 2.29. The van der Waals surface area contributed by atoms with E-state index in [1.807, 2.05) is 16.8 Å². The number of fused-ring (bicyclic) bond motifs is 1. The zero-order chi connectivity index (χ0) is 23.4. The average Bonchev–Trinajstić information content (AvgIpc) is 3.11. The van der Waals surface area contributed by atoms with Crippen molar-refractivity contribution in [2.75, 3.05) is 31.3 Å². The van der Waals surface area contributed by atoms with Gasteiger partial charge in [0.1, 0.15) is 17.6 Å². The number of nitrogens with one attached hydrogen (secondary N) is 3. The Morgan fingerprint density at radius 2 is 2.06 bits per heavy atom. The molecule has 0 radical (unpaired) electrons. The maximum Gasteiger partial charge on any atom is 0.321 e. The number of carbonyl (C=O) groups excluding carboxylic acids is 1. The van der Waals surface area contributed by atoms with Gasteiger partial charge in [0.05, 0.1) is 6.20 Å². The van der Waals surface area contributed by atoms with Crippen LogP contribution in [0.5, 0.6) is 0 Å². The zero-order valence-electron chi connectivity index (χ0n) is 19.2. The fourth-order valence-electron chi connectivity index (χ4n) is 3.67. The molecule has 2 amide bonds. The van der Waals surface area contributed by atoms with Crippen molar-refractivity contribution in [1.82, 2.24) is 25.2 Å². The molecule has 0 aromatic carbocycles. The number of rotatable bonds is 9. The summed E-state index contributed by atoms with van der Waals surface area (Å²) < 4.78 is 32.2. The number of carbonyl (C=O) groups is 1. The minimum atomic E-state index is -3.45. The van der Waals surface area contributed by atoms with Crippen LogP contribution in [0.3, 0.4) is 0 Å². The highest BCUT2D eigenvalue weighted by Crippen LogP contribution is 2.20. The normalized spacial score (nSPS) is 16.8. The predicted octanol–water partition coefficient (Wildman–Crippen LogP) is 2.24. The van der Waals surface area contributed by atoms with Crippen molar-refractivity contribution in [3.05, 3.63) is 18.5 Å². The minimum Gasteiger partial charge on any atom is -0.361 e. The standard InChI is InChI=1S/C20H34N6O4SSi/c1-31(28,29)19(15-5-8-21-9-6-15)25-20(27)24-17-13-22-18-16(23-17)7-10-26(18)14-30-11-12-32(2,3)4/h7,10,13,15,19,21H,5-6,8-9,11-12,14H2,1-4H3,(H2,23,24,25,27). The molecule has 0 spiro atoms. The maximum atomic E-state index is 12.5. The lowest BCUT2D eigenvalue weighted by atomic mass is 9.98. The summed E-state index contributed by atoms with van der Waals surface area (Å²) in [5.41, 5.74) is 1.28. The van der Waals surface area contributed by atoms with Crippen molar-refractivity contribution in [3.63, 3.8) is 0 Å². The molecule has 1 aliphatic rings. The second-order valence-corrected chi connectivity index (χ2v) is 17.3. The Labute approximate surface area is 190 Å². The van der Waals surface area contributed by atoms with E-state index in [2.05, 4.69) is 45.6 Å². The number of aromatic nitrogens is 3. The summed E-state index contributed by atoms with van der Waals surface area (Å²) in [7, 11) is -4.59. The number of urea groups is 1. The molecule has 1 aliphatic heterocycles. The Balaban J connectivity index is 1.61. The second kappa shape index (κ2) is 10.3. The van der Waals surface area contributed by atoms with Gasteiger partial charge in [-0.05, 0) is 44.0 Å². The highest BCUT2D eigenvalue weighted by atomic mass is 32.2. The van der Waals surface area contributed by atoms with Gasteiger partial charge in [-0.15, -0.1) is 0 Å². The van der Waals surface area contributed by atoms with Crippen molar-refractivity contribution in [2.24, 2.45) is 5.92 Å². The van der Waals surface area contributed by atoms with Crippen LogP contribution in [0.1, 0.15) is 12.8 Å². The Kier molecular flexibility index (Phi) is 7.91. The maximum absolute atomic E-state index is 12.5. The zero-order valence-corrected chi connectivity index (χ0v) is 21.0. The summed E-state index contributed by atoms with van der Waals surface area (Å²) in [6.07, 6.45) is 5.84. The number of anilines is 1. The van der Waals surface area contributed by atoms with Gasteiger partial charge >= 0.3 is 6.03 Å². The average molecular weight is 483 g/mol. The molecule has 1 atom stereocenters. The molecule has 2 aromatic rings. The number of piperidine rings is 1. The Morgan fingerprint density at radius 3 is 2.72 bits per heavy atom. The summed E-state index contributed by atoms with van der Waals surface area (Å²) >= 11 is 0. The number of nitrogens with zero attached hydrogens (tertiary/aromatic N) is 3. The van der Waals surface area contributed by atoms with E-state index in [4.69, 9.17) is 4.74 Å². The molecule has 3 N–H and O–H groups in total. The predicted molar refractivity (Wildman–Crippen MR) is 128 cm³/mol. The molecule has 1 unspecified atom stereocenters. The fourth-order valence-corrected chi connectivity index (χ4v) is 5.72. The summed E-state index contributed by atoms with van der Waals surface area (Å²) in [5.74, 6) is 0.130. The Bertz CT molecular complexity index is 1030. The number of hydrogen-bond donors (Lipinski definition) is 3. The topological polar surface area (TPSA) is 127 Å². The van der Waals surface area contributed by atoms with Crippen molar-refractivity contribution < 1.29 is 17.9 Å². The van der Waals surface area contributed by atoms with Gasteiger partial charge in [0, 0.05) is 27.1 Å². The van der Waals surface area contributed by atoms with Crippen LogP contribution in [0.2, 0.25) is 25.7 Å². The molecule has 0 bridgehead atoms. The molecular weight excluding hydrogens is 448 g/mol. The quantitative estimate of drug-likeness (QED) is 0.369. The molecule has 10 nitrogen and oxygen atoms in total. The summed E-state index contributed by atoms with van der Waals surface area (Å²) in [6.45, 7) is 9.50. The molecule has 178 valence electrons. The number of amides is 2. The van der Waals surface area contributed by atoms with E-state index >= 15 is 0 Å². The number of hydrogen-bond acceptors (Lipinski definition) is 7. The Hall–Kier alpha value is -2.02. The monoisotopic (exact) mass is 482 g/mol. The molecule has 2 aromatic heterocycles. The molecule has 0 aliphatic carbocycles. The van der Waals surface area contributed by atoms with Crippen LogP contribution < -0.4 is 16.0 Å². The summed E-state index contributed by atoms with van der Waals surface area (Å²) in [5, 5.41) is 7.50. The third-order valence-corrected chi connectivity index (χ3v) is 8.61. The van der Waals surface area contributed by atoms with E-state index in [-0.39, 0.29) is 11.7 Å². The first-order valence-corrected chi connectivity index (χ1v) is 16.6. The van der Waals surface area contributed by atoms with Crippen LogP contribution in [0, 0.1) is 5.92 Å². The van der Waals surface area contributed by atoms with Crippen molar-refractivity contribution in [3.8, 4) is 0 Å². The number of sulfone groups is 1. The van der Waals surface area contributed by atoms with E-state index in [0.29, 0.717) is 37.3 Å². The van der Waals surface area contributed by atoms with Crippen molar-refractivity contribution in [1.29, 1.82) is 0 Å². The fraction of sp³-hybridized carbons (Fsp3) is 0.650. The lowest BCUT2D eigenvalue weighted by molar-refractivity contribution is 0.0899. The van der Waals surface area contributed by atoms with Crippen LogP contribution in [0.15, 0.2) is 18.5 Å². The lowest BCUT2D eigenvalue weighted by Crippen LogP contribution is -2.49. The van der Waals surface area contributed by atoms with Crippen molar-refractivity contribution in [2.45, 2.75) is 50.6 Å². The molecule has 3 rings (SSSR count). The second-order valence-electron chi connectivity index (χ2n) is 9.53. The third kappa shape index (κ3) is 6.99. The van der Waals surface area contributed by atoms with Crippen LogP contribution >= 0.6 is 0 Å². The van der Waals surface area contributed by atoms with E-state index < -0.39 is 29.3 Å². The molecule has 32 heavy (non-hydrogen) atoms. The van der Waals surface area contributed by atoms with Gasteiger partial charge in [0.25, 0.3) is 0 Å². The Morgan fingerprint density at radius 1 is 1.34 bits per heavy atom. The first-order chi connectivity index (χ1) is 15.0. The van der Waals surface area contributed by atoms with E-state index in [9.17, 15) is 13.2 Å². The molecule has 1 fully saturated rings. The number of ether oxygens (including phenoxy) is 1. The minimum absolute atomic E-state index is 0.124. The third-order valence-electron chi connectivity index (χ3n) is 5.48. The van der Waals surface area contributed by atoms with Crippen LogP contribution in [0.4, 0.5) is 10.6 Å². The molecule has 3 heterocycles. The highest BCUT2D eigenvalue weighted by Gasteiger charge is 2.32. The molecule has 12 heteroatoms. The first-order valence-electron chi connectivity index (χ1n) is 10.9. The van der Waals surface area contributed by atoms with Crippen LogP contribution in [0.25, 0.3) is 11.2 Å². The summed E-state index contributed by atoms with van der Waals surface area (Å²) in [4.78, 5) is 21.3.